The van der Waals surface area contributed by atoms with E-state index in [0.29, 0.717) is 34.7 Å². The van der Waals surface area contributed by atoms with E-state index in [9.17, 15) is 13.6 Å². The molecule has 0 spiro atoms. The summed E-state index contributed by atoms with van der Waals surface area (Å²) in [5.74, 6) is -0.966. The molecule has 5 heterocycles. The maximum Gasteiger partial charge on any atom is 0.333 e. The lowest BCUT2D eigenvalue weighted by Gasteiger charge is -2.34. The van der Waals surface area contributed by atoms with Crippen LogP contribution in [0.2, 0.25) is 0 Å². The number of fused-ring (bicyclic) bond motifs is 1. The van der Waals surface area contributed by atoms with E-state index in [2.05, 4.69) is 30.2 Å². The van der Waals surface area contributed by atoms with E-state index in [-0.39, 0.29) is 17.3 Å². The second-order valence-corrected chi connectivity index (χ2v) is 7.22. The Balaban J connectivity index is 1.46. The zero-order valence-corrected chi connectivity index (χ0v) is 17.0. The molecule has 0 saturated carbocycles. The third-order valence-electron chi connectivity index (χ3n) is 5.16. The van der Waals surface area contributed by atoms with E-state index in [0.717, 1.165) is 18.1 Å². The Morgan fingerprint density at radius 1 is 1.30 bits per heavy atom. The van der Waals surface area contributed by atoms with Crippen molar-refractivity contribution in [3.63, 3.8) is 0 Å². The van der Waals surface area contributed by atoms with Gasteiger partial charge in [0.25, 0.3) is 5.89 Å². The predicted molar refractivity (Wildman–Crippen MR) is 109 cm³/mol. The maximum atomic E-state index is 13.3. The number of carbonyl (C=O) groups excluding carboxylic acids is 1. The molecule has 0 unspecified atom stereocenters. The normalized spacial score (nSPS) is 16.3. The first-order valence-electron chi connectivity index (χ1n) is 9.88. The van der Waals surface area contributed by atoms with Crippen LogP contribution >= 0.6 is 0 Å². The molecule has 4 aromatic rings. The molecule has 1 amide bonds. The van der Waals surface area contributed by atoms with Gasteiger partial charge in [0.15, 0.2) is 0 Å². The number of alkyl halides is 2. The minimum atomic E-state index is -2.81. The number of aromatic amines is 1. The van der Waals surface area contributed by atoms with Crippen molar-refractivity contribution in [2.75, 3.05) is 6.54 Å². The van der Waals surface area contributed by atoms with Crippen molar-refractivity contribution in [2.45, 2.75) is 19.0 Å². The number of nitrogens with zero attached hydrogens (tertiary/aromatic N) is 7. The molecule has 0 fully saturated rings. The summed E-state index contributed by atoms with van der Waals surface area (Å²) < 4.78 is 31.5. The molecule has 1 aliphatic rings. The van der Waals surface area contributed by atoms with Crippen molar-refractivity contribution in [1.29, 1.82) is 0 Å². The van der Waals surface area contributed by atoms with Gasteiger partial charge < -0.3 is 20.0 Å². The summed E-state index contributed by atoms with van der Waals surface area (Å²) in [6, 6.07) is 4.71. The van der Waals surface area contributed by atoms with Gasteiger partial charge in [0.1, 0.15) is 6.04 Å². The fourth-order valence-electron chi connectivity index (χ4n) is 3.65. The fraction of sp³-hybridized carbons (Fsp3) is 0.200. The molecule has 0 aromatic carbocycles. The van der Waals surface area contributed by atoms with Gasteiger partial charge in [0, 0.05) is 36.8 Å². The molecule has 1 atom stereocenters. The zero-order valence-electron chi connectivity index (χ0n) is 17.0. The highest BCUT2D eigenvalue weighted by Gasteiger charge is 2.37. The second kappa shape index (κ2) is 8.26. The Bertz CT molecular complexity index is 1310. The van der Waals surface area contributed by atoms with Crippen LogP contribution in [-0.2, 0) is 6.42 Å². The Morgan fingerprint density at radius 2 is 2.18 bits per heavy atom. The Kier molecular flexibility index (Phi) is 5.12. The average Bonchev–Trinajstić information content (AvgIpc) is 3.58. The highest BCUT2D eigenvalue weighted by Crippen LogP contribution is 2.33. The van der Waals surface area contributed by atoms with Crippen molar-refractivity contribution in [3.05, 3.63) is 71.8 Å². The van der Waals surface area contributed by atoms with Crippen LogP contribution in [0.3, 0.4) is 0 Å². The number of H-pyrrole nitrogens is 1. The van der Waals surface area contributed by atoms with Crippen LogP contribution in [0.15, 0.2) is 53.2 Å². The molecule has 168 valence electrons. The lowest BCUT2D eigenvalue weighted by Crippen LogP contribution is -2.42. The van der Waals surface area contributed by atoms with Crippen molar-refractivity contribution >= 4 is 12.0 Å². The Hall–Kier alpha value is -4.42. The molecule has 13 heteroatoms. The molecule has 0 saturated heterocycles. The Labute approximate surface area is 185 Å². The number of amides is 1. The molecule has 33 heavy (non-hydrogen) atoms. The van der Waals surface area contributed by atoms with Crippen molar-refractivity contribution in [3.8, 4) is 11.5 Å². The van der Waals surface area contributed by atoms with Crippen molar-refractivity contribution in [2.24, 2.45) is 5.73 Å². The van der Waals surface area contributed by atoms with Crippen molar-refractivity contribution in [1.82, 2.24) is 39.8 Å². The van der Waals surface area contributed by atoms with Crippen molar-refractivity contribution < 1.29 is 18.0 Å². The minimum absolute atomic E-state index is 0.101. The number of imidazole rings is 1. The third kappa shape index (κ3) is 3.84. The molecule has 3 N–H and O–H groups in total. The SMILES string of the molecule is N/C(=C\c1ccccn1)[C@H]1c2nc[nH]c2CCN1C(=O)c1nnc(-c2cnn(C(F)F)c2)o1. The van der Waals surface area contributed by atoms with Gasteiger partial charge in [-0.2, -0.15) is 13.9 Å². The highest BCUT2D eigenvalue weighted by atomic mass is 19.3. The molecule has 1 aliphatic heterocycles. The number of nitrogens with one attached hydrogen (secondary N) is 1. The van der Waals surface area contributed by atoms with E-state index in [4.69, 9.17) is 10.2 Å². The van der Waals surface area contributed by atoms with Gasteiger partial charge in [-0.3, -0.25) is 9.78 Å². The Morgan fingerprint density at radius 3 is 2.94 bits per heavy atom. The summed E-state index contributed by atoms with van der Waals surface area (Å²) in [6.07, 6.45) is 7.59. The molecule has 4 aromatic heterocycles. The van der Waals surface area contributed by atoms with E-state index in [1.165, 1.54) is 4.90 Å². The number of nitrogens with two attached hydrogens (primary N) is 1. The number of aromatic nitrogens is 7. The average molecular weight is 453 g/mol. The van der Waals surface area contributed by atoms with E-state index in [1.54, 1.807) is 30.7 Å². The molecule has 0 radical (unpaired) electrons. The zero-order chi connectivity index (χ0) is 22.9. The van der Waals surface area contributed by atoms with Gasteiger partial charge in [-0.1, -0.05) is 6.07 Å². The molecular formula is C20H17F2N9O2. The monoisotopic (exact) mass is 453 g/mol. The van der Waals surface area contributed by atoms with Crippen LogP contribution in [-0.4, -0.2) is 52.3 Å². The third-order valence-corrected chi connectivity index (χ3v) is 5.16. The van der Waals surface area contributed by atoms with E-state index < -0.39 is 18.5 Å². The number of pyridine rings is 1. The molecule has 5 rings (SSSR count). The number of hydrogen-bond acceptors (Lipinski definition) is 8. The summed E-state index contributed by atoms with van der Waals surface area (Å²) in [6.45, 7) is -2.50. The predicted octanol–water partition coefficient (Wildman–Crippen LogP) is 2.19. The summed E-state index contributed by atoms with van der Waals surface area (Å²) in [5, 5.41) is 11.1. The first-order valence-corrected chi connectivity index (χ1v) is 9.88. The standard InChI is InChI=1S/C20H17F2N9O2/c21-20(22)31-9-11(8-27-31)17-28-29-18(33-17)19(32)30-6-4-14-15(26-10-25-14)16(30)13(23)7-12-3-1-2-5-24-12/h1-3,5,7-10,16,20H,4,6,23H2,(H,25,26)/b13-7-/t16-/m0/s1. The van der Waals surface area contributed by atoms with E-state index in [1.807, 2.05) is 6.07 Å². The molecule has 11 nitrogen and oxygen atoms in total. The first-order chi connectivity index (χ1) is 16.0. The quantitative estimate of drug-likeness (QED) is 0.468. The van der Waals surface area contributed by atoms with Crippen LogP contribution in [0.25, 0.3) is 17.5 Å². The smallest absolute Gasteiger partial charge is 0.333 e. The van der Waals surface area contributed by atoms with Crippen LogP contribution < -0.4 is 5.73 Å². The van der Waals surface area contributed by atoms with Crippen LogP contribution in [0.1, 0.15) is 40.4 Å². The van der Waals surface area contributed by atoms with Crippen LogP contribution in [0.5, 0.6) is 0 Å². The number of halogens is 2. The van der Waals surface area contributed by atoms with Gasteiger partial charge in [0.2, 0.25) is 0 Å². The minimum Gasteiger partial charge on any atom is -0.412 e. The largest absolute Gasteiger partial charge is 0.412 e. The first kappa shape index (κ1) is 20.5. The highest BCUT2D eigenvalue weighted by molar-refractivity contribution is 5.90. The van der Waals surface area contributed by atoms with Gasteiger partial charge >= 0.3 is 18.3 Å². The maximum absolute atomic E-state index is 13.3. The van der Waals surface area contributed by atoms with Gasteiger partial charge in [-0.15, -0.1) is 10.2 Å². The summed E-state index contributed by atoms with van der Waals surface area (Å²) in [5.41, 5.74) is 9.04. The summed E-state index contributed by atoms with van der Waals surface area (Å²) in [7, 11) is 0. The lowest BCUT2D eigenvalue weighted by molar-refractivity contribution is 0.0566. The van der Waals surface area contributed by atoms with Gasteiger partial charge in [-0.25, -0.2) is 9.67 Å². The number of carbonyl (C=O) groups is 1. The molecular weight excluding hydrogens is 436 g/mol. The number of rotatable bonds is 5. The summed E-state index contributed by atoms with van der Waals surface area (Å²) in [4.78, 5) is 26.5. The molecule has 0 aliphatic carbocycles. The van der Waals surface area contributed by atoms with E-state index >= 15 is 0 Å². The lowest BCUT2D eigenvalue weighted by atomic mass is 9.99. The second-order valence-electron chi connectivity index (χ2n) is 7.22. The topological polar surface area (TPSA) is 145 Å². The fourth-order valence-corrected chi connectivity index (χ4v) is 3.65. The molecule has 0 bridgehead atoms. The van der Waals surface area contributed by atoms with Crippen LogP contribution in [0.4, 0.5) is 8.78 Å². The summed E-state index contributed by atoms with van der Waals surface area (Å²) >= 11 is 0. The van der Waals surface area contributed by atoms with Gasteiger partial charge in [-0.05, 0) is 18.2 Å². The van der Waals surface area contributed by atoms with Crippen LogP contribution in [0, 0.1) is 0 Å². The number of hydrogen-bond donors (Lipinski definition) is 2. The van der Waals surface area contributed by atoms with Gasteiger partial charge in [0.05, 0.1) is 29.5 Å².